The van der Waals surface area contributed by atoms with Crippen molar-refractivity contribution in [3.8, 4) is 16.9 Å². The van der Waals surface area contributed by atoms with Gasteiger partial charge in [-0.1, -0.05) is 17.3 Å². The van der Waals surface area contributed by atoms with Gasteiger partial charge in [-0.2, -0.15) is 0 Å². The zero-order valence-electron chi connectivity index (χ0n) is 16.6. The first kappa shape index (κ1) is 15.6. The number of anilines is 1. The first-order valence-electron chi connectivity index (χ1n) is 8.92. The summed E-state index contributed by atoms with van der Waals surface area (Å²) in [4.78, 5) is 12.1. The Morgan fingerprint density at radius 1 is 1.21 bits per heavy atom. The number of nitrogens with one attached hydrogen (secondary N) is 1. The van der Waals surface area contributed by atoms with Crippen molar-refractivity contribution in [3.63, 3.8) is 0 Å². The quantitative estimate of drug-likeness (QED) is 0.505. The minimum absolute atomic E-state index is 0.329. The molecule has 0 saturated heterocycles. The van der Waals surface area contributed by atoms with Crippen LogP contribution in [0.15, 0.2) is 28.9 Å². The highest BCUT2D eigenvalue weighted by Crippen LogP contribution is 2.35. The Morgan fingerprint density at radius 3 is 2.57 bits per heavy atom. The number of ether oxygens (including phenoxy) is 1. The van der Waals surface area contributed by atoms with Gasteiger partial charge >= 0.3 is 0 Å². The van der Waals surface area contributed by atoms with Gasteiger partial charge in [0.1, 0.15) is 17.1 Å². The standard InChI is InChI=1S/C17H11F4N3O4/c1-27-8-4-2-3-7(5-8)10-11(18)13(20)16(14(21)12(10)19)22-17(26)15-9(6-25)23-28-24-15/h2-5,25H,6H2,1H3,(H,22,26)/i1D3. The van der Waals surface area contributed by atoms with Gasteiger partial charge in [0.05, 0.1) is 23.3 Å². The molecule has 7 nitrogen and oxygen atoms in total. The minimum atomic E-state index is -2.87. The Balaban J connectivity index is 2.03. The number of carbonyl (C=O) groups is 1. The number of rotatable bonds is 5. The molecule has 0 aliphatic rings. The van der Waals surface area contributed by atoms with Crippen molar-refractivity contribution in [2.45, 2.75) is 6.61 Å². The van der Waals surface area contributed by atoms with Crippen molar-refractivity contribution < 1.29 is 40.9 Å². The van der Waals surface area contributed by atoms with E-state index >= 15 is 0 Å². The Morgan fingerprint density at radius 2 is 1.93 bits per heavy atom. The van der Waals surface area contributed by atoms with Crippen molar-refractivity contribution in [1.29, 1.82) is 0 Å². The summed E-state index contributed by atoms with van der Waals surface area (Å²) in [5.41, 5.74) is -4.05. The monoisotopic (exact) mass is 400 g/mol. The Hall–Kier alpha value is -3.47. The average Bonchev–Trinajstić information content (AvgIpc) is 3.18. The lowest BCUT2D eigenvalue weighted by Gasteiger charge is -2.13. The van der Waals surface area contributed by atoms with Crippen LogP contribution in [0.4, 0.5) is 23.2 Å². The summed E-state index contributed by atoms with van der Waals surface area (Å²) in [5.74, 6) is -9.27. The van der Waals surface area contributed by atoms with E-state index in [4.69, 9.17) is 9.22 Å². The lowest BCUT2D eigenvalue weighted by Crippen LogP contribution is -2.18. The number of aromatic nitrogens is 2. The van der Waals surface area contributed by atoms with Gasteiger partial charge < -0.3 is 15.2 Å². The first-order valence-corrected chi connectivity index (χ1v) is 7.42. The zero-order chi connectivity index (χ0) is 22.9. The van der Waals surface area contributed by atoms with Gasteiger partial charge in [-0.05, 0) is 22.9 Å². The summed E-state index contributed by atoms with van der Waals surface area (Å²) >= 11 is 0. The highest BCUT2D eigenvalue weighted by molar-refractivity contribution is 6.03. The van der Waals surface area contributed by atoms with Crippen molar-refractivity contribution in [3.05, 3.63) is 58.9 Å². The molecule has 2 aromatic carbocycles. The average molecular weight is 400 g/mol. The molecule has 0 spiro atoms. The van der Waals surface area contributed by atoms with Gasteiger partial charge in [-0.25, -0.2) is 22.2 Å². The smallest absolute Gasteiger partial charge is 0.280 e. The molecule has 0 atom stereocenters. The molecule has 2 N–H and O–H groups in total. The van der Waals surface area contributed by atoms with Crippen LogP contribution in [0.3, 0.4) is 0 Å². The highest BCUT2D eigenvalue weighted by atomic mass is 19.2. The molecular weight excluding hydrogens is 386 g/mol. The van der Waals surface area contributed by atoms with E-state index in [-0.39, 0.29) is 11.4 Å². The Kier molecular flexibility index (Phi) is 4.25. The third kappa shape index (κ3) is 3.27. The summed E-state index contributed by atoms with van der Waals surface area (Å²) in [6, 6.07) is 4.27. The van der Waals surface area contributed by atoms with Crippen LogP contribution in [0.1, 0.15) is 20.3 Å². The number of amides is 1. The molecule has 0 radical (unpaired) electrons. The van der Waals surface area contributed by atoms with E-state index in [0.29, 0.717) is 0 Å². The summed E-state index contributed by atoms with van der Waals surface area (Å²) in [7, 11) is -2.87. The van der Waals surface area contributed by atoms with Crippen molar-refractivity contribution in [2.24, 2.45) is 0 Å². The number of aliphatic hydroxyl groups excluding tert-OH is 1. The second-order valence-electron chi connectivity index (χ2n) is 5.31. The molecule has 3 aromatic rings. The van der Waals surface area contributed by atoms with Gasteiger partial charge in [-0.3, -0.25) is 4.79 Å². The summed E-state index contributed by atoms with van der Waals surface area (Å²) < 4.78 is 88.3. The SMILES string of the molecule is [2H]C([2H])([2H])Oc1cccc(-c2c(F)c(F)c(NC(=O)c3nonc3CO)c(F)c2F)c1. The maximum atomic E-state index is 14.6. The number of halogens is 4. The van der Waals surface area contributed by atoms with Crippen LogP contribution in [-0.4, -0.2) is 28.4 Å². The lowest BCUT2D eigenvalue weighted by molar-refractivity contribution is 0.101. The van der Waals surface area contributed by atoms with E-state index in [2.05, 4.69) is 19.7 Å². The van der Waals surface area contributed by atoms with Crippen LogP contribution in [0.25, 0.3) is 11.1 Å². The fraction of sp³-hybridized carbons (Fsp3) is 0.118. The topological polar surface area (TPSA) is 97.5 Å². The van der Waals surface area contributed by atoms with Crippen LogP contribution < -0.4 is 10.1 Å². The van der Waals surface area contributed by atoms with E-state index in [1.165, 1.54) is 0 Å². The largest absolute Gasteiger partial charge is 0.497 e. The molecule has 0 aliphatic heterocycles. The van der Waals surface area contributed by atoms with E-state index in [9.17, 15) is 22.4 Å². The van der Waals surface area contributed by atoms with Crippen LogP contribution in [0, 0.1) is 23.3 Å². The third-order valence-corrected chi connectivity index (χ3v) is 3.66. The highest BCUT2D eigenvalue weighted by Gasteiger charge is 2.29. The Bertz CT molecular complexity index is 1130. The Labute approximate surface area is 158 Å². The van der Waals surface area contributed by atoms with E-state index < -0.39 is 65.3 Å². The van der Waals surface area contributed by atoms with Gasteiger partial charge in [-0.15, -0.1) is 0 Å². The molecule has 0 saturated carbocycles. The molecule has 1 amide bonds. The van der Waals surface area contributed by atoms with E-state index in [1.807, 2.05) is 0 Å². The van der Waals surface area contributed by atoms with Gasteiger partial charge in [0, 0.05) is 0 Å². The maximum absolute atomic E-state index is 14.6. The zero-order valence-corrected chi connectivity index (χ0v) is 13.6. The third-order valence-electron chi connectivity index (χ3n) is 3.66. The minimum Gasteiger partial charge on any atom is -0.497 e. The first-order chi connectivity index (χ1) is 14.5. The van der Waals surface area contributed by atoms with Crippen LogP contribution in [-0.2, 0) is 6.61 Å². The molecule has 1 aromatic heterocycles. The summed E-state index contributed by atoms with van der Waals surface area (Å²) in [5, 5.41) is 17.0. The molecule has 0 fully saturated rings. The van der Waals surface area contributed by atoms with Crippen molar-refractivity contribution in [1.82, 2.24) is 10.3 Å². The number of hydrogen-bond acceptors (Lipinski definition) is 6. The molecule has 0 aliphatic carbocycles. The molecule has 0 bridgehead atoms. The van der Waals surface area contributed by atoms with Gasteiger partial charge in [0.15, 0.2) is 29.0 Å². The second-order valence-corrected chi connectivity index (χ2v) is 5.31. The number of carbonyl (C=O) groups excluding carboxylic acids is 1. The maximum Gasteiger partial charge on any atom is 0.280 e. The summed E-state index contributed by atoms with van der Waals surface area (Å²) in [6.07, 6.45) is 0. The fourth-order valence-corrected chi connectivity index (χ4v) is 2.37. The number of benzene rings is 2. The predicted octanol–water partition coefficient (Wildman–Crippen LogP) is 3.05. The fourth-order valence-electron chi connectivity index (χ4n) is 2.37. The molecule has 1 heterocycles. The number of nitrogens with zero attached hydrogens (tertiary/aromatic N) is 2. The normalized spacial score (nSPS) is 12.8. The summed E-state index contributed by atoms with van der Waals surface area (Å²) in [6.45, 7) is -0.798. The van der Waals surface area contributed by atoms with Crippen molar-refractivity contribution in [2.75, 3.05) is 12.4 Å². The molecule has 28 heavy (non-hydrogen) atoms. The molecular formula is C17H11F4N3O4. The number of aliphatic hydroxyl groups is 1. The van der Waals surface area contributed by atoms with Gasteiger partial charge in [0.2, 0.25) is 0 Å². The predicted molar refractivity (Wildman–Crippen MR) is 86.4 cm³/mol. The molecule has 11 heteroatoms. The van der Waals surface area contributed by atoms with Crippen LogP contribution >= 0.6 is 0 Å². The number of methoxy groups -OCH3 is 1. The molecule has 0 unspecified atom stereocenters. The van der Waals surface area contributed by atoms with Gasteiger partial charge in [0.25, 0.3) is 5.91 Å². The van der Waals surface area contributed by atoms with Crippen molar-refractivity contribution >= 4 is 11.6 Å². The lowest BCUT2D eigenvalue weighted by atomic mass is 10.0. The second kappa shape index (κ2) is 7.64. The molecule has 3 rings (SSSR count). The molecule has 146 valence electrons. The van der Waals surface area contributed by atoms with E-state index in [1.54, 1.807) is 5.32 Å². The van der Waals surface area contributed by atoms with Crippen LogP contribution in [0.2, 0.25) is 0 Å². The number of hydrogen-bond donors (Lipinski definition) is 2. The van der Waals surface area contributed by atoms with E-state index in [0.717, 1.165) is 24.3 Å². The van der Waals surface area contributed by atoms with Crippen LogP contribution in [0.5, 0.6) is 5.75 Å².